The molecular weight excluding hydrogens is 320 g/mol. The van der Waals surface area contributed by atoms with Gasteiger partial charge in [0.25, 0.3) is 17.7 Å². The number of carbonyl (C=O) groups is 3. The summed E-state index contributed by atoms with van der Waals surface area (Å²) >= 11 is 0. The van der Waals surface area contributed by atoms with Gasteiger partial charge in [-0.15, -0.1) is 0 Å². The van der Waals surface area contributed by atoms with E-state index < -0.39 is 17.7 Å². The molecule has 0 atom stereocenters. The zero-order valence-electron chi connectivity index (χ0n) is 14.1. The zero-order valence-corrected chi connectivity index (χ0v) is 14.1. The number of nitrogens with one attached hydrogen (secondary N) is 2. The van der Waals surface area contributed by atoms with E-state index in [1.165, 1.54) is 24.3 Å². The Kier molecular flexibility index (Phi) is 3.83. The van der Waals surface area contributed by atoms with Crippen LogP contribution in [0.15, 0.2) is 36.4 Å². The SMILES string of the molecule is CC(C)(C)c1ccc(O)c(NC(=O)c2ccc3c(c2)C(=O)NC3=O)c1. The lowest BCUT2D eigenvalue weighted by atomic mass is 9.87. The summed E-state index contributed by atoms with van der Waals surface area (Å²) in [6.07, 6.45) is 0. The third-order valence-corrected chi connectivity index (χ3v) is 4.11. The third-order valence-electron chi connectivity index (χ3n) is 4.11. The summed E-state index contributed by atoms with van der Waals surface area (Å²) in [7, 11) is 0. The first-order chi connectivity index (χ1) is 11.7. The Balaban J connectivity index is 1.90. The van der Waals surface area contributed by atoms with Crippen molar-refractivity contribution in [1.29, 1.82) is 0 Å². The Hall–Kier alpha value is -3.15. The molecule has 3 rings (SSSR count). The van der Waals surface area contributed by atoms with Gasteiger partial charge in [0, 0.05) is 5.56 Å². The maximum atomic E-state index is 12.5. The van der Waals surface area contributed by atoms with Crippen LogP contribution in [0.3, 0.4) is 0 Å². The first-order valence-corrected chi connectivity index (χ1v) is 7.81. The Morgan fingerprint density at radius 2 is 1.68 bits per heavy atom. The van der Waals surface area contributed by atoms with Gasteiger partial charge in [-0.3, -0.25) is 19.7 Å². The molecular formula is C19H18N2O4. The fourth-order valence-electron chi connectivity index (χ4n) is 2.61. The Labute approximate surface area is 144 Å². The van der Waals surface area contributed by atoms with Crippen molar-refractivity contribution in [3.8, 4) is 5.75 Å². The molecule has 3 N–H and O–H groups in total. The van der Waals surface area contributed by atoms with Crippen molar-refractivity contribution in [2.45, 2.75) is 26.2 Å². The molecule has 2 aromatic carbocycles. The lowest BCUT2D eigenvalue weighted by Crippen LogP contribution is -2.20. The predicted octanol–water partition coefficient (Wildman–Crippen LogP) is 2.83. The van der Waals surface area contributed by atoms with Crippen molar-refractivity contribution in [2.24, 2.45) is 0 Å². The largest absolute Gasteiger partial charge is 0.506 e. The number of carbonyl (C=O) groups excluding carboxylic acids is 3. The van der Waals surface area contributed by atoms with Gasteiger partial charge in [-0.05, 0) is 41.3 Å². The highest BCUT2D eigenvalue weighted by Crippen LogP contribution is 2.31. The molecule has 1 heterocycles. The standard InChI is InChI=1S/C19H18N2O4/c1-19(2,3)11-5-7-15(22)14(9-11)20-16(23)10-4-6-12-13(8-10)18(25)21-17(12)24/h4-9,22H,1-3H3,(H,20,23)(H,21,24,25). The van der Waals surface area contributed by atoms with Crippen LogP contribution in [0.5, 0.6) is 5.75 Å². The number of benzene rings is 2. The molecule has 0 aliphatic carbocycles. The molecule has 0 unspecified atom stereocenters. The summed E-state index contributed by atoms with van der Waals surface area (Å²) < 4.78 is 0. The van der Waals surface area contributed by atoms with Crippen LogP contribution in [0.4, 0.5) is 5.69 Å². The number of rotatable bonds is 2. The van der Waals surface area contributed by atoms with Gasteiger partial charge in [-0.1, -0.05) is 26.8 Å². The van der Waals surface area contributed by atoms with Gasteiger partial charge in [-0.2, -0.15) is 0 Å². The maximum Gasteiger partial charge on any atom is 0.258 e. The molecule has 128 valence electrons. The third kappa shape index (κ3) is 3.10. The molecule has 0 radical (unpaired) electrons. The number of phenols is 1. The summed E-state index contributed by atoms with van der Waals surface area (Å²) in [4.78, 5) is 35.7. The van der Waals surface area contributed by atoms with Crippen LogP contribution in [0.25, 0.3) is 0 Å². The van der Waals surface area contributed by atoms with Gasteiger partial charge in [0.05, 0.1) is 16.8 Å². The van der Waals surface area contributed by atoms with E-state index in [0.717, 1.165) is 5.56 Å². The van der Waals surface area contributed by atoms with E-state index in [4.69, 9.17) is 0 Å². The molecule has 25 heavy (non-hydrogen) atoms. The average Bonchev–Trinajstić information content (AvgIpc) is 2.82. The van der Waals surface area contributed by atoms with Gasteiger partial charge in [0.2, 0.25) is 0 Å². The molecule has 0 aromatic heterocycles. The maximum absolute atomic E-state index is 12.5. The smallest absolute Gasteiger partial charge is 0.258 e. The molecule has 3 amide bonds. The van der Waals surface area contributed by atoms with E-state index in [-0.39, 0.29) is 27.9 Å². The van der Waals surface area contributed by atoms with E-state index in [1.54, 1.807) is 12.1 Å². The summed E-state index contributed by atoms with van der Waals surface area (Å²) in [5.41, 5.74) is 1.76. The summed E-state index contributed by atoms with van der Waals surface area (Å²) in [5, 5.41) is 14.8. The highest BCUT2D eigenvalue weighted by Gasteiger charge is 2.27. The minimum absolute atomic E-state index is 0.0459. The van der Waals surface area contributed by atoms with Crippen LogP contribution in [0.1, 0.15) is 57.4 Å². The van der Waals surface area contributed by atoms with Gasteiger partial charge in [-0.25, -0.2) is 0 Å². The Bertz CT molecular complexity index is 910. The van der Waals surface area contributed by atoms with Crippen LogP contribution in [0, 0.1) is 0 Å². The van der Waals surface area contributed by atoms with Crippen LogP contribution in [-0.4, -0.2) is 22.8 Å². The van der Waals surface area contributed by atoms with Crippen molar-refractivity contribution in [1.82, 2.24) is 5.32 Å². The van der Waals surface area contributed by atoms with E-state index in [9.17, 15) is 19.5 Å². The van der Waals surface area contributed by atoms with Crippen molar-refractivity contribution in [3.63, 3.8) is 0 Å². The fourth-order valence-corrected chi connectivity index (χ4v) is 2.61. The lowest BCUT2D eigenvalue weighted by Gasteiger charge is -2.20. The molecule has 2 aromatic rings. The first kappa shape index (κ1) is 16.7. The molecule has 1 aliphatic heterocycles. The van der Waals surface area contributed by atoms with E-state index in [0.29, 0.717) is 5.69 Å². The monoisotopic (exact) mass is 338 g/mol. The molecule has 0 saturated carbocycles. The molecule has 0 saturated heterocycles. The highest BCUT2D eigenvalue weighted by molar-refractivity contribution is 6.22. The predicted molar refractivity (Wildman–Crippen MR) is 93.0 cm³/mol. The molecule has 0 spiro atoms. The van der Waals surface area contributed by atoms with Gasteiger partial charge in [0.1, 0.15) is 5.75 Å². The quantitative estimate of drug-likeness (QED) is 0.579. The van der Waals surface area contributed by atoms with Crippen molar-refractivity contribution >= 4 is 23.4 Å². The molecule has 0 bridgehead atoms. The first-order valence-electron chi connectivity index (χ1n) is 7.81. The van der Waals surface area contributed by atoms with Gasteiger partial charge >= 0.3 is 0 Å². The minimum Gasteiger partial charge on any atom is -0.506 e. The van der Waals surface area contributed by atoms with Crippen LogP contribution >= 0.6 is 0 Å². The second-order valence-corrected chi connectivity index (χ2v) is 6.98. The number of imide groups is 1. The second-order valence-electron chi connectivity index (χ2n) is 6.98. The van der Waals surface area contributed by atoms with Crippen molar-refractivity contribution in [3.05, 3.63) is 58.7 Å². The van der Waals surface area contributed by atoms with E-state index in [1.807, 2.05) is 20.8 Å². The molecule has 6 heteroatoms. The van der Waals surface area contributed by atoms with E-state index >= 15 is 0 Å². The van der Waals surface area contributed by atoms with E-state index in [2.05, 4.69) is 10.6 Å². The number of hydrogen-bond donors (Lipinski definition) is 3. The van der Waals surface area contributed by atoms with Crippen LogP contribution in [-0.2, 0) is 5.41 Å². The summed E-state index contributed by atoms with van der Waals surface area (Å²) in [6, 6.07) is 9.33. The fraction of sp³-hybridized carbons (Fsp3) is 0.211. The van der Waals surface area contributed by atoms with Crippen molar-refractivity contribution < 1.29 is 19.5 Å². The van der Waals surface area contributed by atoms with Gasteiger partial charge < -0.3 is 10.4 Å². The molecule has 0 fully saturated rings. The van der Waals surface area contributed by atoms with Crippen LogP contribution < -0.4 is 10.6 Å². The van der Waals surface area contributed by atoms with Gasteiger partial charge in [0.15, 0.2) is 0 Å². The number of aromatic hydroxyl groups is 1. The number of amides is 3. The lowest BCUT2D eigenvalue weighted by molar-refractivity contribution is 0.0879. The molecule has 1 aliphatic rings. The minimum atomic E-state index is -0.521. The number of phenolic OH excluding ortho intramolecular Hbond substituents is 1. The zero-order chi connectivity index (χ0) is 18.4. The number of anilines is 1. The second kappa shape index (κ2) is 5.73. The summed E-state index contributed by atoms with van der Waals surface area (Å²) in [5.74, 6) is -1.51. The van der Waals surface area contributed by atoms with Crippen LogP contribution in [0.2, 0.25) is 0 Å². The number of fused-ring (bicyclic) bond motifs is 1. The molecule has 6 nitrogen and oxygen atoms in total. The summed E-state index contributed by atoms with van der Waals surface area (Å²) in [6.45, 7) is 6.09. The van der Waals surface area contributed by atoms with Crippen molar-refractivity contribution in [2.75, 3.05) is 5.32 Å². The number of hydrogen-bond acceptors (Lipinski definition) is 4. The Morgan fingerprint density at radius 1 is 1.00 bits per heavy atom. The topological polar surface area (TPSA) is 95.5 Å². The normalized spacial score (nSPS) is 13.4. The Morgan fingerprint density at radius 3 is 2.36 bits per heavy atom. The average molecular weight is 338 g/mol. The highest BCUT2D eigenvalue weighted by atomic mass is 16.3.